The molecule has 2 fully saturated rings. The number of anilines is 1. The molecular formula is C19H26N4OS. The Bertz CT molecular complexity index is 755. The zero-order valence-electron chi connectivity index (χ0n) is 14.7. The maximum atomic E-state index is 5.49. The zero-order valence-corrected chi connectivity index (χ0v) is 15.6. The number of piperidine rings is 1. The van der Waals surface area contributed by atoms with Gasteiger partial charge in [0.25, 0.3) is 0 Å². The van der Waals surface area contributed by atoms with Gasteiger partial charge < -0.3 is 9.64 Å². The number of rotatable bonds is 3. The average Bonchev–Trinajstić information content (AvgIpc) is 3.23. The quantitative estimate of drug-likeness (QED) is 0.844. The Labute approximate surface area is 153 Å². The van der Waals surface area contributed by atoms with Crippen molar-refractivity contribution in [3.8, 4) is 0 Å². The molecule has 3 aliphatic rings. The third kappa shape index (κ3) is 3.04. The van der Waals surface area contributed by atoms with Crippen LogP contribution in [0.15, 0.2) is 6.33 Å². The van der Waals surface area contributed by atoms with E-state index >= 15 is 0 Å². The summed E-state index contributed by atoms with van der Waals surface area (Å²) >= 11 is 1.89. The number of ether oxygens (including phenoxy) is 1. The molecule has 0 saturated carbocycles. The first-order valence-corrected chi connectivity index (χ1v) is 10.5. The highest BCUT2D eigenvalue weighted by Crippen LogP contribution is 2.40. The molecule has 0 radical (unpaired) electrons. The van der Waals surface area contributed by atoms with Crippen LogP contribution in [-0.4, -0.2) is 60.8 Å². The van der Waals surface area contributed by atoms with Crippen molar-refractivity contribution in [1.29, 1.82) is 0 Å². The van der Waals surface area contributed by atoms with E-state index < -0.39 is 0 Å². The van der Waals surface area contributed by atoms with Gasteiger partial charge in [0.2, 0.25) is 0 Å². The Balaban J connectivity index is 1.38. The highest BCUT2D eigenvalue weighted by molar-refractivity contribution is 7.19. The zero-order chi connectivity index (χ0) is 16.6. The second-order valence-corrected chi connectivity index (χ2v) is 8.69. The van der Waals surface area contributed by atoms with E-state index in [-0.39, 0.29) is 0 Å². The van der Waals surface area contributed by atoms with Crippen molar-refractivity contribution in [3.05, 3.63) is 16.8 Å². The van der Waals surface area contributed by atoms with Gasteiger partial charge in [-0.05, 0) is 43.6 Å². The summed E-state index contributed by atoms with van der Waals surface area (Å²) in [7, 11) is 0. The largest absolute Gasteiger partial charge is 0.379 e. The van der Waals surface area contributed by atoms with Gasteiger partial charge in [0.05, 0.1) is 18.6 Å². The molecular weight excluding hydrogens is 332 g/mol. The molecule has 5 rings (SSSR count). The smallest absolute Gasteiger partial charge is 0.141 e. The molecule has 2 aliphatic heterocycles. The second-order valence-electron chi connectivity index (χ2n) is 7.60. The van der Waals surface area contributed by atoms with Crippen LogP contribution in [-0.2, 0) is 17.6 Å². The summed E-state index contributed by atoms with van der Waals surface area (Å²) in [5.41, 5.74) is 1.55. The van der Waals surface area contributed by atoms with E-state index in [2.05, 4.69) is 14.8 Å². The van der Waals surface area contributed by atoms with Gasteiger partial charge in [-0.1, -0.05) is 0 Å². The molecule has 1 unspecified atom stereocenters. The van der Waals surface area contributed by atoms with Gasteiger partial charge in [0.15, 0.2) is 0 Å². The third-order valence-electron chi connectivity index (χ3n) is 5.92. The minimum Gasteiger partial charge on any atom is -0.379 e. The van der Waals surface area contributed by atoms with Crippen molar-refractivity contribution in [2.24, 2.45) is 5.92 Å². The lowest BCUT2D eigenvalue weighted by Gasteiger charge is -2.37. The molecule has 2 saturated heterocycles. The van der Waals surface area contributed by atoms with E-state index in [1.54, 1.807) is 16.8 Å². The van der Waals surface area contributed by atoms with Crippen LogP contribution < -0.4 is 4.90 Å². The summed E-state index contributed by atoms with van der Waals surface area (Å²) < 4.78 is 5.49. The van der Waals surface area contributed by atoms with Crippen molar-refractivity contribution in [1.82, 2.24) is 14.9 Å². The standard InChI is InChI=1S/C19H26N4OS/c1-4-15-16(5-1)25-19-17(15)18(20-13-21-19)23-6-2-3-14(12-23)11-22-7-9-24-10-8-22/h13-14H,1-12H2. The van der Waals surface area contributed by atoms with E-state index in [0.717, 1.165) is 45.3 Å². The van der Waals surface area contributed by atoms with E-state index in [9.17, 15) is 0 Å². The van der Waals surface area contributed by atoms with Crippen molar-refractivity contribution in [3.63, 3.8) is 0 Å². The maximum absolute atomic E-state index is 5.49. The van der Waals surface area contributed by atoms with Crippen LogP contribution in [0.5, 0.6) is 0 Å². The summed E-state index contributed by atoms with van der Waals surface area (Å²) in [4.78, 5) is 17.2. The van der Waals surface area contributed by atoms with Gasteiger partial charge >= 0.3 is 0 Å². The molecule has 25 heavy (non-hydrogen) atoms. The number of hydrogen-bond donors (Lipinski definition) is 0. The van der Waals surface area contributed by atoms with Crippen molar-refractivity contribution in [2.75, 3.05) is 50.8 Å². The van der Waals surface area contributed by atoms with Crippen LogP contribution in [0, 0.1) is 5.92 Å². The van der Waals surface area contributed by atoms with Crippen molar-refractivity contribution in [2.45, 2.75) is 32.1 Å². The summed E-state index contributed by atoms with van der Waals surface area (Å²) in [5, 5.41) is 1.37. The van der Waals surface area contributed by atoms with Crippen molar-refractivity contribution >= 4 is 27.4 Å². The summed E-state index contributed by atoms with van der Waals surface area (Å²) in [6.07, 6.45) is 8.12. The molecule has 134 valence electrons. The Morgan fingerprint density at radius 3 is 2.96 bits per heavy atom. The molecule has 2 aromatic heterocycles. The monoisotopic (exact) mass is 358 g/mol. The number of nitrogens with zero attached hydrogens (tertiary/aromatic N) is 4. The first-order chi connectivity index (χ1) is 12.4. The van der Waals surface area contributed by atoms with Gasteiger partial charge in [0.1, 0.15) is 17.0 Å². The molecule has 4 heterocycles. The molecule has 0 aromatic carbocycles. The number of hydrogen-bond acceptors (Lipinski definition) is 6. The van der Waals surface area contributed by atoms with Gasteiger partial charge in [-0.2, -0.15) is 0 Å². The lowest BCUT2D eigenvalue weighted by molar-refractivity contribution is 0.0296. The van der Waals surface area contributed by atoms with Gasteiger partial charge in [-0.3, -0.25) is 4.90 Å². The summed E-state index contributed by atoms with van der Waals surface area (Å²) in [6.45, 7) is 7.44. The van der Waals surface area contributed by atoms with E-state index in [1.165, 1.54) is 54.7 Å². The van der Waals surface area contributed by atoms with Crippen LogP contribution in [0.2, 0.25) is 0 Å². The molecule has 0 amide bonds. The SMILES string of the molecule is c1nc(N2CCCC(CN3CCOCC3)C2)c2c3c(sc2n1)CCC3. The number of fused-ring (bicyclic) bond motifs is 3. The Hall–Kier alpha value is -1.24. The molecule has 1 atom stereocenters. The van der Waals surface area contributed by atoms with Crippen LogP contribution in [0.1, 0.15) is 29.7 Å². The summed E-state index contributed by atoms with van der Waals surface area (Å²) in [5.74, 6) is 1.94. The molecule has 2 aromatic rings. The first kappa shape index (κ1) is 16.0. The fraction of sp³-hybridized carbons (Fsp3) is 0.684. The lowest BCUT2D eigenvalue weighted by atomic mass is 9.97. The molecule has 6 heteroatoms. The van der Waals surface area contributed by atoms with Crippen LogP contribution in [0.25, 0.3) is 10.2 Å². The number of thiophene rings is 1. The number of aryl methyl sites for hydroxylation is 2. The Kier molecular flexibility index (Phi) is 4.36. The average molecular weight is 359 g/mol. The number of aromatic nitrogens is 2. The van der Waals surface area contributed by atoms with E-state index in [4.69, 9.17) is 9.72 Å². The van der Waals surface area contributed by atoms with Gasteiger partial charge in [-0.15, -0.1) is 11.3 Å². The van der Waals surface area contributed by atoms with Crippen LogP contribution in [0.3, 0.4) is 0 Å². The van der Waals surface area contributed by atoms with E-state index in [1.807, 2.05) is 11.3 Å². The molecule has 1 aliphatic carbocycles. The molecule has 0 N–H and O–H groups in total. The van der Waals surface area contributed by atoms with E-state index in [0.29, 0.717) is 0 Å². The topological polar surface area (TPSA) is 41.5 Å². The van der Waals surface area contributed by atoms with Crippen LogP contribution >= 0.6 is 11.3 Å². The highest BCUT2D eigenvalue weighted by Gasteiger charge is 2.28. The first-order valence-electron chi connectivity index (χ1n) is 9.69. The van der Waals surface area contributed by atoms with Gasteiger partial charge in [0, 0.05) is 37.6 Å². The summed E-state index contributed by atoms with van der Waals surface area (Å²) in [6, 6.07) is 0. The molecule has 5 nitrogen and oxygen atoms in total. The predicted octanol–water partition coefficient (Wildman–Crippen LogP) is 2.73. The fourth-order valence-electron chi connectivity index (χ4n) is 4.71. The van der Waals surface area contributed by atoms with Crippen molar-refractivity contribution < 1.29 is 4.74 Å². The third-order valence-corrected chi connectivity index (χ3v) is 7.12. The maximum Gasteiger partial charge on any atom is 0.141 e. The fourth-order valence-corrected chi connectivity index (χ4v) is 5.93. The van der Waals surface area contributed by atoms with Crippen LogP contribution in [0.4, 0.5) is 5.82 Å². The van der Waals surface area contributed by atoms with Gasteiger partial charge in [-0.25, -0.2) is 9.97 Å². The minimum absolute atomic E-state index is 0.739. The number of morpholine rings is 1. The normalized spacial score (nSPS) is 24.8. The lowest BCUT2D eigenvalue weighted by Crippen LogP contribution is -2.44. The Morgan fingerprint density at radius 1 is 1.12 bits per heavy atom. The molecule has 0 bridgehead atoms. The Morgan fingerprint density at radius 2 is 2.04 bits per heavy atom. The second kappa shape index (κ2) is 6.82. The predicted molar refractivity (Wildman–Crippen MR) is 102 cm³/mol. The minimum atomic E-state index is 0.739. The molecule has 0 spiro atoms. The highest BCUT2D eigenvalue weighted by atomic mass is 32.1.